The Bertz CT molecular complexity index is 878. The molecular weight excluding hydrogens is 358 g/mol. The molecule has 1 N–H and O–H groups in total. The second-order valence-electron chi connectivity index (χ2n) is 7.27. The second-order valence-corrected chi connectivity index (χ2v) is 7.27. The highest BCUT2D eigenvalue weighted by atomic mass is 16.3. The van der Waals surface area contributed by atoms with E-state index in [0.29, 0.717) is 31.9 Å². The molecule has 28 heavy (non-hydrogen) atoms. The molecule has 1 aromatic carbocycles. The molecule has 1 aromatic heterocycles. The molecule has 2 aromatic rings. The number of likely N-dealkylation sites (tertiary alicyclic amines) is 1. The van der Waals surface area contributed by atoms with E-state index in [-0.39, 0.29) is 30.2 Å². The number of carbonyl (C=O) groups excluding carboxylic acids is 3. The lowest BCUT2D eigenvalue weighted by Gasteiger charge is -2.32. The van der Waals surface area contributed by atoms with Gasteiger partial charge in [-0.15, -0.1) is 0 Å². The fourth-order valence-corrected chi connectivity index (χ4v) is 3.87. The number of hydrogen-bond acceptors (Lipinski definition) is 4. The van der Waals surface area contributed by atoms with Gasteiger partial charge in [-0.05, 0) is 36.6 Å². The van der Waals surface area contributed by atoms with Crippen LogP contribution in [0.5, 0.6) is 0 Å². The number of nitrogens with one attached hydrogen (secondary N) is 1. The highest BCUT2D eigenvalue weighted by molar-refractivity contribution is 5.98. The van der Waals surface area contributed by atoms with Crippen LogP contribution in [-0.4, -0.2) is 53.2 Å². The Hall–Kier alpha value is -3.09. The molecule has 0 aliphatic carbocycles. The molecule has 1 atom stereocenters. The van der Waals surface area contributed by atoms with Crippen LogP contribution in [0.2, 0.25) is 0 Å². The minimum atomic E-state index is -0.149. The summed E-state index contributed by atoms with van der Waals surface area (Å²) in [5, 5.41) is 3.01. The molecule has 0 spiro atoms. The molecule has 7 heteroatoms. The number of piperidine rings is 1. The van der Waals surface area contributed by atoms with Crippen LogP contribution in [0.25, 0.3) is 0 Å². The number of rotatable bonds is 5. The van der Waals surface area contributed by atoms with Crippen LogP contribution in [0, 0.1) is 0 Å². The standard InChI is InChI=1S/C21H23N3O4/c25-19(9-11-24-13-15-5-1-2-7-17(15)20(24)26)22-16-6-3-10-23(14-16)21(27)18-8-4-12-28-18/h1-2,4-5,7-8,12,16H,3,6,9-11,13-14H2,(H,22,25). The van der Waals surface area contributed by atoms with Crippen molar-refractivity contribution in [3.05, 3.63) is 59.5 Å². The van der Waals surface area contributed by atoms with Gasteiger partial charge in [0.2, 0.25) is 5.91 Å². The van der Waals surface area contributed by atoms with Gasteiger partial charge < -0.3 is 19.5 Å². The van der Waals surface area contributed by atoms with Crippen molar-refractivity contribution in [1.82, 2.24) is 15.1 Å². The van der Waals surface area contributed by atoms with Crippen molar-refractivity contribution in [1.29, 1.82) is 0 Å². The van der Waals surface area contributed by atoms with Gasteiger partial charge in [-0.1, -0.05) is 18.2 Å². The zero-order valence-electron chi connectivity index (χ0n) is 15.6. The van der Waals surface area contributed by atoms with E-state index in [1.54, 1.807) is 21.9 Å². The Morgan fingerprint density at radius 1 is 1.18 bits per heavy atom. The van der Waals surface area contributed by atoms with Crippen molar-refractivity contribution in [2.24, 2.45) is 0 Å². The summed E-state index contributed by atoms with van der Waals surface area (Å²) in [6, 6.07) is 10.8. The van der Waals surface area contributed by atoms with Crippen LogP contribution in [0.15, 0.2) is 47.1 Å². The van der Waals surface area contributed by atoms with Crippen molar-refractivity contribution in [3.63, 3.8) is 0 Å². The molecule has 3 heterocycles. The van der Waals surface area contributed by atoms with Gasteiger partial charge in [0.1, 0.15) is 0 Å². The Morgan fingerprint density at radius 2 is 2.04 bits per heavy atom. The van der Waals surface area contributed by atoms with Crippen LogP contribution < -0.4 is 5.32 Å². The molecule has 0 radical (unpaired) electrons. The molecule has 3 amide bonds. The molecule has 0 bridgehead atoms. The molecule has 1 saturated heterocycles. The third-order valence-electron chi connectivity index (χ3n) is 5.31. The number of furan rings is 1. The predicted octanol–water partition coefficient (Wildman–Crippen LogP) is 2.05. The smallest absolute Gasteiger partial charge is 0.289 e. The van der Waals surface area contributed by atoms with E-state index >= 15 is 0 Å². The summed E-state index contributed by atoms with van der Waals surface area (Å²) in [6.45, 7) is 2.07. The maximum atomic E-state index is 12.4. The number of amides is 3. The first-order valence-corrected chi connectivity index (χ1v) is 9.61. The topological polar surface area (TPSA) is 82.9 Å². The van der Waals surface area contributed by atoms with Crippen molar-refractivity contribution in [2.45, 2.75) is 31.8 Å². The minimum Gasteiger partial charge on any atom is -0.459 e. The normalized spacial score (nSPS) is 18.9. The summed E-state index contributed by atoms with van der Waals surface area (Å²) in [7, 11) is 0. The van der Waals surface area contributed by atoms with Gasteiger partial charge in [-0.25, -0.2) is 0 Å². The summed E-state index contributed by atoms with van der Waals surface area (Å²) in [6.07, 6.45) is 3.40. The minimum absolute atomic E-state index is 0.0173. The summed E-state index contributed by atoms with van der Waals surface area (Å²) in [5.41, 5.74) is 1.73. The van der Waals surface area contributed by atoms with E-state index in [9.17, 15) is 14.4 Å². The molecule has 1 unspecified atom stereocenters. The monoisotopic (exact) mass is 381 g/mol. The average molecular weight is 381 g/mol. The van der Waals surface area contributed by atoms with Crippen LogP contribution in [0.3, 0.4) is 0 Å². The largest absolute Gasteiger partial charge is 0.459 e. The highest BCUT2D eigenvalue weighted by Crippen LogP contribution is 2.22. The van der Waals surface area contributed by atoms with Crippen LogP contribution in [0.4, 0.5) is 0 Å². The molecule has 2 aliphatic rings. The summed E-state index contributed by atoms with van der Waals surface area (Å²) < 4.78 is 5.18. The lowest BCUT2D eigenvalue weighted by atomic mass is 10.1. The number of benzene rings is 1. The quantitative estimate of drug-likeness (QED) is 0.859. The van der Waals surface area contributed by atoms with E-state index in [1.165, 1.54) is 6.26 Å². The number of hydrogen-bond donors (Lipinski definition) is 1. The highest BCUT2D eigenvalue weighted by Gasteiger charge is 2.29. The summed E-state index contributed by atoms with van der Waals surface area (Å²) in [5.74, 6) is 0.0563. The lowest BCUT2D eigenvalue weighted by molar-refractivity contribution is -0.122. The van der Waals surface area contributed by atoms with E-state index in [0.717, 1.165) is 24.0 Å². The van der Waals surface area contributed by atoms with Gasteiger partial charge in [0.25, 0.3) is 11.8 Å². The first-order chi connectivity index (χ1) is 13.6. The van der Waals surface area contributed by atoms with Gasteiger partial charge >= 0.3 is 0 Å². The molecule has 4 rings (SSSR count). The number of carbonyl (C=O) groups is 3. The van der Waals surface area contributed by atoms with Crippen molar-refractivity contribution >= 4 is 17.7 Å². The Kier molecular flexibility index (Phi) is 5.14. The summed E-state index contributed by atoms with van der Waals surface area (Å²) in [4.78, 5) is 40.6. The van der Waals surface area contributed by atoms with E-state index in [4.69, 9.17) is 4.42 Å². The third kappa shape index (κ3) is 3.78. The predicted molar refractivity (Wildman–Crippen MR) is 102 cm³/mol. The fraction of sp³-hybridized carbons (Fsp3) is 0.381. The zero-order chi connectivity index (χ0) is 19.5. The SMILES string of the molecule is O=C(CCN1Cc2ccccc2C1=O)NC1CCCN(C(=O)c2ccco2)C1. The average Bonchev–Trinajstić information content (AvgIpc) is 3.35. The van der Waals surface area contributed by atoms with Crippen LogP contribution >= 0.6 is 0 Å². The maximum Gasteiger partial charge on any atom is 0.289 e. The zero-order valence-corrected chi connectivity index (χ0v) is 15.6. The van der Waals surface area contributed by atoms with Gasteiger partial charge in [0.05, 0.1) is 6.26 Å². The van der Waals surface area contributed by atoms with Gasteiger partial charge in [0, 0.05) is 44.2 Å². The number of fused-ring (bicyclic) bond motifs is 1. The second kappa shape index (κ2) is 7.88. The third-order valence-corrected chi connectivity index (χ3v) is 5.31. The first-order valence-electron chi connectivity index (χ1n) is 9.61. The molecule has 146 valence electrons. The Morgan fingerprint density at radius 3 is 2.82 bits per heavy atom. The van der Waals surface area contributed by atoms with Crippen molar-refractivity contribution in [2.75, 3.05) is 19.6 Å². The van der Waals surface area contributed by atoms with Gasteiger partial charge in [-0.2, -0.15) is 0 Å². The molecule has 1 fully saturated rings. The Labute approximate surface area is 163 Å². The Balaban J connectivity index is 1.26. The van der Waals surface area contributed by atoms with Gasteiger partial charge in [0.15, 0.2) is 5.76 Å². The maximum absolute atomic E-state index is 12.4. The van der Waals surface area contributed by atoms with Crippen LogP contribution in [-0.2, 0) is 11.3 Å². The van der Waals surface area contributed by atoms with E-state index < -0.39 is 0 Å². The van der Waals surface area contributed by atoms with Crippen molar-refractivity contribution < 1.29 is 18.8 Å². The van der Waals surface area contributed by atoms with Crippen molar-refractivity contribution in [3.8, 4) is 0 Å². The summed E-state index contributed by atoms with van der Waals surface area (Å²) >= 11 is 0. The lowest BCUT2D eigenvalue weighted by Crippen LogP contribution is -2.49. The number of nitrogens with zero attached hydrogens (tertiary/aromatic N) is 2. The first kappa shape index (κ1) is 18.3. The molecule has 2 aliphatic heterocycles. The molecule has 0 saturated carbocycles. The van der Waals surface area contributed by atoms with Gasteiger partial charge in [-0.3, -0.25) is 14.4 Å². The van der Waals surface area contributed by atoms with Crippen LogP contribution in [0.1, 0.15) is 45.7 Å². The van der Waals surface area contributed by atoms with E-state index in [1.807, 2.05) is 24.3 Å². The molecule has 7 nitrogen and oxygen atoms in total. The molecular formula is C21H23N3O4. The fourth-order valence-electron chi connectivity index (χ4n) is 3.87. The van der Waals surface area contributed by atoms with E-state index in [2.05, 4.69) is 5.32 Å².